The Morgan fingerprint density at radius 1 is 1.29 bits per heavy atom. The minimum atomic E-state index is 0.143. The lowest BCUT2D eigenvalue weighted by atomic mass is 9.99. The molecule has 1 N–H and O–H groups in total. The minimum Gasteiger partial charge on any atom is -0.372 e. The van der Waals surface area contributed by atoms with Gasteiger partial charge < -0.3 is 14.5 Å². The highest BCUT2D eigenvalue weighted by Gasteiger charge is 2.31. The molecule has 2 atom stereocenters. The molecule has 0 aromatic carbocycles. The zero-order chi connectivity index (χ0) is 16.4. The van der Waals surface area contributed by atoms with Gasteiger partial charge in [-0.15, -0.1) is 0 Å². The van der Waals surface area contributed by atoms with Crippen LogP contribution in [0.1, 0.15) is 30.8 Å². The predicted molar refractivity (Wildman–Crippen MR) is 91.6 cm³/mol. The maximum atomic E-state index is 6.00. The molecule has 3 aromatic rings. The maximum Gasteiger partial charge on any atom is 0.136 e. The molecule has 1 aliphatic rings. The molecule has 0 saturated carbocycles. The molecule has 1 saturated heterocycles. The Hall–Kier alpha value is -2.18. The van der Waals surface area contributed by atoms with Crippen LogP contribution >= 0.6 is 0 Å². The van der Waals surface area contributed by atoms with E-state index in [1.54, 1.807) is 0 Å². The van der Waals surface area contributed by atoms with E-state index in [4.69, 9.17) is 4.74 Å². The van der Waals surface area contributed by atoms with Crippen molar-refractivity contribution < 1.29 is 4.74 Å². The first kappa shape index (κ1) is 15.4. The van der Waals surface area contributed by atoms with Gasteiger partial charge in [-0.1, -0.05) is 6.07 Å². The molecule has 0 bridgehead atoms. The lowest BCUT2D eigenvalue weighted by molar-refractivity contribution is 0.0829. The zero-order valence-electron chi connectivity index (χ0n) is 13.9. The second-order valence-corrected chi connectivity index (χ2v) is 6.22. The summed E-state index contributed by atoms with van der Waals surface area (Å²) in [5.74, 6) is 0.481. The number of hydrogen-bond donors (Lipinski definition) is 1. The second-order valence-electron chi connectivity index (χ2n) is 6.22. The molecule has 0 radical (unpaired) electrons. The quantitative estimate of drug-likeness (QED) is 0.756. The van der Waals surface area contributed by atoms with Gasteiger partial charge >= 0.3 is 0 Å². The number of nitrogens with zero attached hydrogens (tertiary/aromatic N) is 4. The number of fused-ring (bicyclic) bond motifs is 1. The highest BCUT2D eigenvalue weighted by atomic mass is 16.5. The van der Waals surface area contributed by atoms with Gasteiger partial charge in [-0.25, -0.2) is 4.98 Å². The van der Waals surface area contributed by atoms with Crippen LogP contribution in [0, 0.1) is 5.92 Å². The van der Waals surface area contributed by atoms with Crippen LogP contribution in [-0.4, -0.2) is 32.3 Å². The van der Waals surface area contributed by atoms with Crippen molar-refractivity contribution in [3.63, 3.8) is 0 Å². The van der Waals surface area contributed by atoms with Crippen LogP contribution in [0.4, 0.5) is 0 Å². The van der Waals surface area contributed by atoms with Crippen molar-refractivity contribution in [3.8, 4) is 0 Å². The van der Waals surface area contributed by atoms with Crippen molar-refractivity contribution in [1.82, 2.24) is 24.5 Å². The van der Waals surface area contributed by atoms with Gasteiger partial charge in [-0.2, -0.15) is 5.10 Å². The summed E-state index contributed by atoms with van der Waals surface area (Å²) in [6.45, 7) is 5.58. The molecule has 126 valence electrons. The van der Waals surface area contributed by atoms with E-state index in [9.17, 15) is 0 Å². The van der Waals surface area contributed by atoms with Crippen LogP contribution in [0.3, 0.4) is 0 Å². The van der Waals surface area contributed by atoms with Crippen molar-refractivity contribution in [2.75, 3.05) is 13.2 Å². The predicted octanol–water partition coefficient (Wildman–Crippen LogP) is 2.42. The molecule has 1 aliphatic heterocycles. The highest BCUT2D eigenvalue weighted by Crippen LogP contribution is 2.34. The molecule has 6 nitrogen and oxygen atoms in total. The van der Waals surface area contributed by atoms with E-state index in [2.05, 4.69) is 44.9 Å². The number of ether oxygens (including phenoxy) is 1. The van der Waals surface area contributed by atoms with Gasteiger partial charge in [-0.3, -0.25) is 4.68 Å². The molecule has 0 unspecified atom stereocenters. The van der Waals surface area contributed by atoms with Gasteiger partial charge in [0.15, 0.2) is 0 Å². The number of aromatic nitrogens is 4. The van der Waals surface area contributed by atoms with Gasteiger partial charge in [0.2, 0.25) is 0 Å². The van der Waals surface area contributed by atoms with Crippen molar-refractivity contribution in [3.05, 3.63) is 54.2 Å². The Labute approximate surface area is 141 Å². The Bertz CT molecular complexity index is 808. The topological polar surface area (TPSA) is 56.4 Å². The van der Waals surface area contributed by atoms with E-state index in [0.717, 1.165) is 38.3 Å². The number of aryl methyl sites for hydroxylation is 1. The van der Waals surface area contributed by atoms with E-state index < -0.39 is 0 Å². The molecule has 6 heteroatoms. The summed E-state index contributed by atoms with van der Waals surface area (Å²) in [5.41, 5.74) is 3.40. The summed E-state index contributed by atoms with van der Waals surface area (Å²) < 4.78 is 10.2. The van der Waals surface area contributed by atoms with E-state index >= 15 is 0 Å². The van der Waals surface area contributed by atoms with Gasteiger partial charge in [0.25, 0.3) is 0 Å². The molecular weight excluding hydrogens is 302 g/mol. The van der Waals surface area contributed by atoms with Crippen molar-refractivity contribution in [1.29, 1.82) is 0 Å². The summed E-state index contributed by atoms with van der Waals surface area (Å²) >= 11 is 0. The second kappa shape index (κ2) is 6.75. The van der Waals surface area contributed by atoms with E-state index in [1.807, 2.05) is 29.3 Å². The average Bonchev–Trinajstić information content (AvgIpc) is 3.34. The number of pyridine rings is 1. The lowest BCUT2D eigenvalue weighted by Gasteiger charge is -2.20. The summed E-state index contributed by atoms with van der Waals surface area (Å²) in [7, 11) is 0. The number of nitrogens with one attached hydrogen (secondary N) is 1. The van der Waals surface area contributed by atoms with Crippen LogP contribution in [0.15, 0.2) is 42.9 Å². The van der Waals surface area contributed by atoms with Crippen molar-refractivity contribution >= 4 is 5.65 Å². The number of hydrogen-bond acceptors (Lipinski definition) is 4. The van der Waals surface area contributed by atoms with Crippen LogP contribution in [0.2, 0.25) is 0 Å². The minimum absolute atomic E-state index is 0.143. The standard InChI is InChI=1S/C18H23N5O/c1-2-23-16(6-8-21-23)18-14(7-11-24-18)12-19-13-15-4-3-5-17-20-9-10-22(15)17/h3-6,8-10,14,18-19H,2,7,11-13H2,1H3/t14-,18+/m0/s1. The molecule has 0 aliphatic carbocycles. The fraction of sp³-hybridized carbons (Fsp3) is 0.444. The summed E-state index contributed by atoms with van der Waals surface area (Å²) in [6.07, 6.45) is 6.94. The van der Waals surface area contributed by atoms with Crippen LogP contribution in [0.25, 0.3) is 5.65 Å². The third-order valence-electron chi connectivity index (χ3n) is 4.78. The first-order chi connectivity index (χ1) is 11.9. The van der Waals surface area contributed by atoms with Gasteiger partial charge in [-0.05, 0) is 31.5 Å². The summed E-state index contributed by atoms with van der Waals surface area (Å²) in [6, 6.07) is 8.30. The fourth-order valence-electron chi connectivity index (χ4n) is 3.56. The molecule has 24 heavy (non-hydrogen) atoms. The maximum absolute atomic E-state index is 6.00. The Morgan fingerprint density at radius 2 is 2.25 bits per heavy atom. The van der Waals surface area contributed by atoms with Crippen molar-refractivity contribution in [2.45, 2.75) is 32.5 Å². The molecule has 0 amide bonds. The lowest BCUT2D eigenvalue weighted by Crippen LogP contribution is -2.26. The van der Waals surface area contributed by atoms with E-state index in [1.165, 1.54) is 11.4 Å². The third-order valence-corrected chi connectivity index (χ3v) is 4.78. The Balaban J connectivity index is 1.41. The highest BCUT2D eigenvalue weighted by molar-refractivity contribution is 5.39. The smallest absolute Gasteiger partial charge is 0.136 e. The average molecular weight is 325 g/mol. The van der Waals surface area contributed by atoms with Crippen LogP contribution in [-0.2, 0) is 17.8 Å². The van der Waals surface area contributed by atoms with E-state index in [-0.39, 0.29) is 6.10 Å². The van der Waals surface area contributed by atoms with Gasteiger partial charge in [0.1, 0.15) is 11.8 Å². The molecule has 4 heterocycles. The molecule has 1 fully saturated rings. The Kier molecular flexibility index (Phi) is 4.32. The summed E-state index contributed by atoms with van der Waals surface area (Å²) in [5, 5.41) is 7.97. The Morgan fingerprint density at radius 3 is 3.17 bits per heavy atom. The molecule has 4 rings (SSSR count). The molecule has 3 aromatic heterocycles. The van der Waals surface area contributed by atoms with Gasteiger partial charge in [0.05, 0.1) is 5.69 Å². The summed E-state index contributed by atoms with van der Waals surface area (Å²) in [4.78, 5) is 4.34. The number of imidazole rings is 1. The monoisotopic (exact) mass is 325 g/mol. The van der Waals surface area contributed by atoms with E-state index in [0.29, 0.717) is 5.92 Å². The van der Waals surface area contributed by atoms with Crippen LogP contribution in [0.5, 0.6) is 0 Å². The van der Waals surface area contributed by atoms with Crippen molar-refractivity contribution in [2.24, 2.45) is 5.92 Å². The first-order valence-corrected chi connectivity index (χ1v) is 8.62. The third kappa shape index (κ3) is 2.83. The normalized spacial score (nSPS) is 20.9. The van der Waals surface area contributed by atoms with Gasteiger partial charge in [0, 0.05) is 56.4 Å². The first-order valence-electron chi connectivity index (χ1n) is 8.62. The number of rotatable bonds is 6. The zero-order valence-corrected chi connectivity index (χ0v) is 13.9. The SMILES string of the molecule is CCn1nccc1[C@@H]1OCC[C@H]1CNCc1cccc2nccn12. The largest absolute Gasteiger partial charge is 0.372 e. The molecular formula is C18H23N5O. The fourth-order valence-corrected chi connectivity index (χ4v) is 3.56. The van der Waals surface area contributed by atoms with Crippen LogP contribution < -0.4 is 5.32 Å². The molecule has 0 spiro atoms.